The highest BCUT2D eigenvalue weighted by atomic mass is 32.1. The van der Waals surface area contributed by atoms with Crippen LogP contribution in [-0.2, 0) is 6.18 Å². The van der Waals surface area contributed by atoms with Crippen LogP contribution in [0.5, 0.6) is 5.75 Å². The lowest BCUT2D eigenvalue weighted by Crippen LogP contribution is -2.03. The molecule has 0 fully saturated rings. The Bertz CT molecular complexity index is 576. The van der Waals surface area contributed by atoms with Gasteiger partial charge in [-0.25, -0.2) is 0 Å². The summed E-state index contributed by atoms with van der Waals surface area (Å²) in [4.78, 5) is 0.689. The number of methoxy groups -OCH3 is 1. The van der Waals surface area contributed by atoms with Crippen LogP contribution in [0.4, 0.5) is 13.2 Å². The van der Waals surface area contributed by atoms with E-state index in [-0.39, 0.29) is 0 Å². The minimum Gasteiger partial charge on any atom is -0.497 e. The first kappa shape index (κ1) is 13.8. The molecule has 0 aliphatic heterocycles. The molecule has 0 saturated carbocycles. The molecule has 19 heavy (non-hydrogen) atoms. The lowest BCUT2D eigenvalue weighted by Gasteiger charge is -2.09. The molecule has 2 rings (SSSR count). The standard InChI is InChI=1S/C14H11F3OS/c1-18-12-6-10(7-13(19)8-12)9-2-4-11(5-3-9)14(15,16)17/h2-8,19H,1H3. The molecule has 0 unspecified atom stereocenters. The third kappa shape index (κ3) is 3.23. The average molecular weight is 284 g/mol. The monoisotopic (exact) mass is 284 g/mol. The number of alkyl halides is 3. The summed E-state index contributed by atoms with van der Waals surface area (Å²) in [6.45, 7) is 0. The summed E-state index contributed by atoms with van der Waals surface area (Å²) in [6, 6.07) is 10.3. The van der Waals surface area contributed by atoms with Gasteiger partial charge in [-0.2, -0.15) is 13.2 Å². The molecule has 0 saturated heterocycles. The molecule has 2 aromatic rings. The second-order valence-electron chi connectivity index (χ2n) is 3.99. The molecule has 1 nitrogen and oxygen atoms in total. The van der Waals surface area contributed by atoms with Crippen molar-refractivity contribution in [2.24, 2.45) is 0 Å². The van der Waals surface area contributed by atoms with Gasteiger partial charge in [-0.05, 0) is 41.5 Å². The number of ether oxygens (including phenoxy) is 1. The van der Waals surface area contributed by atoms with E-state index >= 15 is 0 Å². The Balaban J connectivity index is 2.40. The second kappa shape index (κ2) is 5.17. The molecular formula is C14H11F3OS. The number of thiol groups is 1. The molecule has 0 radical (unpaired) electrons. The van der Waals surface area contributed by atoms with Crippen LogP contribution in [0.1, 0.15) is 5.56 Å². The lowest BCUT2D eigenvalue weighted by atomic mass is 10.0. The van der Waals surface area contributed by atoms with Crippen LogP contribution in [0.2, 0.25) is 0 Å². The van der Waals surface area contributed by atoms with Crippen LogP contribution in [0.15, 0.2) is 47.4 Å². The molecule has 0 spiro atoms. The third-order valence-corrected chi connectivity index (χ3v) is 2.93. The van der Waals surface area contributed by atoms with Crippen LogP contribution >= 0.6 is 12.6 Å². The van der Waals surface area contributed by atoms with Gasteiger partial charge in [-0.1, -0.05) is 12.1 Å². The molecule has 0 aliphatic carbocycles. The molecule has 0 bridgehead atoms. The van der Waals surface area contributed by atoms with E-state index in [4.69, 9.17) is 4.74 Å². The van der Waals surface area contributed by atoms with E-state index in [2.05, 4.69) is 12.6 Å². The molecule has 0 N–H and O–H groups in total. The van der Waals surface area contributed by atoms with E-state index in [1.807, 2.05) is 0 Å². The maximum Gasteiger partial charge on any atom is 0.416 e. The first-order valence-electron chi connectivity index (χ1n) is 5.46. The number of rotatable bonds is 2. The van der Waals surface area contributed by atoms with Gasteiger partial charge < -0.3 is 4.74 Å². The molecule has 0 amide bonds. The van der Waals surface area contributed by atoms with E-state index in [1.54, 1.807) is 18.2 Å². The molecule has 0 atom stereocenters. The fourth-order valence-corrected chi connectivity index (χ4v) is 1.99. The van der Waals surface area contributed by atoms with Gasteiger partial charge >= 0.3 is 6.18 Å². The first-order valence-corrected chi connectivity index (χ1v) is 5.90. The number of halogens is 3. The Kier molecular flexibility index (Phi) is 3.75. The third-order valence-electron chi connectivity index (χ3n) is 2.67. The largest absolute Gasteiger partial charge is 0.497 e. The van der Waals surface area contributed by atoms with E-state index in [9.17, 15) is 13.2 Å². The second-order valence-corrected chi connectivity index (χ2v) is 4.51. The Hall–Kier alpha value is -1.62. The summed E-state index contributed by atoms with van der Waals surface area (Å²) in [6.07, 6.45) is -4.32. The Labute approximate surface area is 114 Å². The van der Waals surface area contributed by atoms with Gasteiger partial charge in [-0.15, -0.1) is 12.6 Å². The fraction of sp³-hybridized carbons (Fsp3) is 0.143. The van der Waals surface area contributed by atoms with Crippen LogP contribution in [0.25, 0.3) is 11.1 Å². The Morgan fingerprint density at radius 1 is 0.947 bits per heavy atom. The van der Waals surface area contributed by atoms with Crippen LogP contribution in [0.3, 0.4) is 0 Å². The van der Waals surface area contributed by atoms with Crippen LogP contribution in [0, 0.1) is 0 Å². The van der Waals surface area contributed by atoms with Crippen molar-refractivity contribution >= 4 is 12.6 Å². The van der Waals surface area contributed by atoms with Crippen molar-refractivity contribution in [1.29, 1.82) is 0 Å². The predicted molar refractivity (Wildman–Crippen MR) is 70.7 cm³/mol. The smallest absolute Gasteiger partial charge is 0.416 e. The zero-order valence-electron chi connectivity index (χ0n) is 10.0. The minimum absolute atomic E-state index is 0.613. The van der Waals surface area contributed by atoms with E-state index in [0.717, 1.165) is 17.7 Å². The van der Waals surface area contributed by atoms with E-state index < -0.39 is 11.7 Å². The quantitative estimate of drug-likeness (QED) is 0.788. The van der Waals surface area contributed by atoms with Crippen LogP contribution in [-0.4, -0.2) is 7.11 Å². The summed E-state index contributed by atoms with van der Waals surface area (Å²) in [7, 11) is 1.53. The summed E-state index contributed by atoms with van der Waals surface area (Å²) < 4.78 is 42.5. The highest BCUT2D eigenvalue weighted by molar-refractivity contribution is 7.80. The Morgan fingerprint density at radius 2 is 1.58 bits per heavy atom. The zero-order valence-corrected chi connectivity index (χ0v) is 10.9. The van der Waals surface area contributed by atoms with Crippen molar-refractivity contribution in [1.82, 2.24) is 0 Å². The molecule has 2 aromatic carbocycles. The van der Waals surface area contributed by atoms with Gasteiger partial charge in [0.25, 0.3) is 0 Å². The van der Waals surface area contributed by atoms with Gasteiger partial charge in [0.2, 0.25) is 0 Å². The van der Waals surface area contributed by atoms with E-state index in [0.29, 0.717) is 16.2 Å². The molecule has 0 aliphatic rings. The van der Waals surface area contributed by atoms with Gasteiger partial charge in [0, 0.05) is 4.90 Å². The highest BCUT2D eigenvalue weighted by Crippen LogP contribution is 2.32. The number of hydrogen-bond acceptors (Lipinski definition) is 2. The Morgan fingerprint density at radius 3 is 2.11 bits per heavy atom. The summed E-state index contributed by atoms with van der Waals surface area (Å²) in [5.41, 5.74) is 0.783. The van der Waals surface area contributed by atoms with Crippen molar-refractivity contribution in [3.8, 4) is 16.9 Å². The van der Waals surface area contributed by atoms with Crippen molar-refractivity contribution in [2.45, 2.75) is 11.1 Å². The van der Waals surface area contributed by atoms with Crippen molar-refractivity contribution in [3.63, 3.8) is 0 Å². The molecule has 0 aromatic heterocycles. The van der Waals surface area contributed by atoms with Gasteiger partial charge in [0.05, 0.1) is 12.7 Å². The van der Waals surface area contributed by atoms with E-state index in [1.165, 1.54) is 19.2 Å². The average Bonchev–Trinajstić information content (AvgIpc) is 2.37. The van der Waals surface area contributed by atoms with Crippen molar-refractivity contribution in [3.05, 3.63) is 48.0 Å². The van der Waals surface area contributed by atoms with Crippen molar-refractivity contribution < 1.29 is 17.9 Å². The molecule has 0 heterocycles. The SMILES string of the molecule is COc1cc(S)cc(-c2ccc(C(F)(F)F)cc2)c1. The fourth-order valence-electron chi connectivity index (χ4n) is 1.72. The maximum absolute atomic E-state index is 12.5. The normalized spacial score (nSPS) is 11.4. The van der Waals surface area contributed by atoms with Gasteiger partial charge in [-0.3, -0.25) is 0 Å². The van der Waals surface area contributed by atoms with Crippen LogP contribution < -0.4 is 4.74 Å². The lowest BCUT2D eigenvalue weighted by molar-refractivity contribution is -0.137. The van der Waals surface area contributed by atoms with Gasteiger partial charge in [0.15, 0.2) is 0 Å². The predicted octanol–water partition coefficient (Wildman–Crippen LogP) is 4.67. The summed E-state index contributed by atoms with van der Waals surface area (Å²) in [5, 5.41) is 0. The summed E-state index contributed by atoms with van der Waals surface area (Å²) >= 11 is 4.23. The first-order chi connectivity index (χ1) is 8.90. The maximum atomic E-state index is 12.5. The molecule has 5 heteroatoms. The summed E-state index contributed by atoms with van der Waals surface area (Å²) in [5.74, 6) is 0.613. The van der Waals surface area contributed by atoms with Crippen molar-refractivity contribution in [2.75, 3.05) is 7.11 Å². The minimum atomic E-state index is -4.32. The zero-order chi connectivity index (χ0) is 14.0. The molecule has 100 valence electrons. The molecular weight excluding hydrogens is 273 g/mol. The number of hydrogen-bond donors (Lipinski definition) is 1. The van der Waals surface area contributed by atoms with Gasteiger partial charge in [0.1, 0.15) is 5.75 Å². The number of benzene rings is 2. The topological polar surface area (TPSA) is 9.23 Å². The highest BCUT2D eigenvalue weighted by Gasteiger charge is 2.29.